The molecule has 0 unspecified atom stereocenters. The lowest BCUT2D eigenvalue weighted by atomic mass is 9.91. The molecule has 2 aromatic rings. The van der Waals surface area contributed by atoms with E-state index in [2.05, 4.69) is 5.16 Å². The normalized spacial score (nSPS) is 16.8. The summed E-state index contributed by atoms with van der Waals surface area (Å²) < 4.78 is 26.4. The van der Waals surface area contributed by atoms with E-state index in [1.54, 1.807) is 0 Å². The van der Waals surface area contributed by atoms with Crippen molar-refractivity contribution < 1.29 is 18.4 Å². The zero-order valence-corrected chi connectivity index (χ0v) is 12.3. The maximum atomic E-state index is 13.2. The largest absolute Gasteiger partial charge is 0.395 e. The highest BCUT2D eigenvalue weighted by molar-refractivity contribution is 6.41. The summed E-state index contributed by atoms with van der Waals surface area (Å²) in [5, 5.41) is 3.83. The van der Waals surface area contributed by atoms with E-state index in [1.165, 1.54) is 0 Å². The van der Waals surface area contributed by atoms with E-state index in [0.717, 1.165) is 23.8 Å². The maximum absolute atomic E-state index is 13.2. The molecule has 1 heterocycles. The van der Waals surface area contributed by atoms with Crippen LogP contribution in [0.3, 0.4) is 0 Å². The highest BCUT2D eigenvalue weighted by Crippen LogP contribution is 2.19. The van der Waals surface area contributed by atoms with E-state index in [0.29, 0.717) is 24.3 Å². The number of hydrogen-bond donors (Lipinski definition) is 0. The molecule has 3 nitrogen and oxygen atoms in total. The molecule has 1 aliphatic rings. The van der Waals surface area contributed by atoms with Crippen LogP contribution < -0.4 is 0 Å². The molecule has 0 N–H and O–H groups in total. The minimum absolute atomic E-state index is 0.0951. The Kier molecular flexibility index (Phi) is 4.46. The molecule has 0 saturated carbocycles. The first-order chi connectivity index (χ1) is 11.1. The molecule has 0 aliphatic carbocycles. The van der Waals surface area contributed by atoms with Crippen LogP contribution in [0.25, 0.3) is 0 Å². The first-order valence-corrected chi connectivity index (χ1v) is 7.34. The molecule has 0 spiro atoms. The molecule has 5 heteroatoms. The number of carbonyl (C=O) groups is 1. The lowest BCUT2D eigenvalue weighted by Crippen LogP contribution is -2.25. The molecule has 118 valence electrons. The van der Waals surface area contributed by atoms with Gasteiger partial charge in [-0.1, -0.05) is 35.5 Å². The Bertz CT molecular complexity index is 724. The van der Waals surface area contributed by atoms with E-state index in [4.69, 9.17) is 4.84 Å². The summed E-state index contributed by atoms with van der Waals surface area (Å²) >= 11 is 0. The molecule has 1 aliphatic heterocycles. The Balaban J connectivity index is 1.71. The van der Waals surface area contributed by atoms with Crippen molar-refractivity contribution in [1.29, 1.82) is 0 Å². The van der Waals surface area contributed by atoms with E-state index in [1.807, 2.05) is 30.3 Å². The zero-order valence-electron chi connectivity index (χ0n) is 12.3. The van der Waals surface area contributed by atoms with Crippen molar-refractivity contribution in [2.75, 3.05) is 6.61 Å². The van der Waals surface area contributed by atoms with Crippen LogP contribution in [-0.4, -0.2) is 18.1 Å². The molecule has 0 fully saturated rings. The van der Waals surface area contributed by atoms with Gasteiger partial charge in [0.2, 0.25) is 0 Å². The van der Waals surface area contributed by atoms with Crippen molar-refractivity contribution in [3.05, 3.63) is 71.3 Å². The number of hydrogen-bond acceptors (Lipinski definition) is 3. The number of Topliss-reactive ketones (excluding diaryl/α,β-unsaturated/α-hetero) is 1. The predicted octanol–water partition coefficient (Wildman–Crippen LogP) is 3.32. The van der Waals surface area contributed by atoms with Crippen LogP contribution in [0.4, 0.5) is 8.78 Å². The van der Waals surface area contributed by atoms with Crippen LogP contribution >= 0.6 is 0 Å². The maximum Gasteiger partial charge on any atom is 0.185 e. The summed E-state index contributed by atoms with van der Waals surface area (Å²) in [4.78, 5) is 17.4. The number of oxime groups is 1. The first-order valence-electron chi connectivity index (χ1n) is 7.34. The quantitative estimate of drug-likeness (QED) is 0.849. The molecule has 0 aromatic heterocycles. The van der Waals surface area contributed by atoms with Gasteiger partial charge in [0.15, 0.2) is 5.78 Å². The fourth-order valence-corrected chi connectivity index (χ4v) is 2.67. The van der Waals surface area contributed by atoms with Crippen LogP contribution in [0, 0.1) is 17.6 Å². The predicted molar refractivity (Wildman–Crippen MR) is 82.1 cm³/mol. The Morgan fingerprint density at radius 3 is 2.48 bits per heavy atom. The van der Waals surface area contributed by atoms with Crippen molar-refractivity contribution in [1.82, 2.24) is 0 Å². The van der Waals surface area contributed by atoms with E-state index in [9.17, 15) is 13.6 Å². The summed E-state index contributed by atoms with van der Waals surface area (Å²) in [7, 11) is 0. The summed E-state index contributed by atoms with van der Waals surface area (Å²) in [6, 6.07) is 12.8. The molecular formula is C18H15F2NO2. The van der Waals surface area contributed by atoms with Crippen molar-refractivity contribution in [3.8, 4) is 0 Å². The van der Waals surface area contributed by atoms with Gasteiger partial charge in [0.05, 0.1) is 0 Å². The molecule has 0 radical (unpaired) electrons. The number of ketones is 1. The fraction of sp³-hybridized carbons (Fsp3) is 0.222. The number of halogens is 2. The van der Waals surface area contributed by atoms with Crippen molar-refractivity contribution >= 4 is 11.5 Å². The van der Waals surface area contributed by atoms with Gasteiger partial charge in [-0.25, -0.2) is 8.78 Å². The topological polar surface area (TPSA) is 38.7 Å². The number of nitrogens with zero attached hydrogens (tertiary/aromatic N) is 1. The van der Waals surface area contributed by atoms with Gasteiger partial charge < -0.3 is 4.84 Å². The van der Waals surface area contributed by atoms with Crippen molar-refractivity contribution in [3.63, 3.8) is 0 Å². The number of benzene rings is 2. The van der Waals surface area contributed by atoms with Crippen LogP contribution in [-0.2, 0) is 22.5 Å². The lowest BCUT2D eigenvalue weighted by molar-refractivity contribution is -0.112. The highest BCUT2D eigenvalue weighted by atomic mass is 19.1. The third kappa shape index (κ3) is 3.80. The first kappa shape index (κ1) is 15.3. The molecule has 2 aromatic carbocycles. The van der Waals surface area contributed by atoms with Crippen LogP contribution in [0.2, 0.25) is 0 Å². The van der Waals surface area contributed by atoms with E-state index >= 15 is 0 Å². The second-order valence-electron chi connectivity index (χ2n) is 5.54. The highest BCUT2D eigenvalue weighted by Gasteiger charge is 2.29. The molecule has 23 heavy (non-hydrogen) atoms. The average Bonchev–Trinajstić information content (AvgIpc) is 2.95. The minimum Gasteiger partial charge on any atom is -0.395 e. The minimum atomic E-state index is -0.696. The third-order valence-electron chi connectivity index (χ3n) is 3.72. The Morgan fingerprint density at radius 2 is 1.78 bits per heavy atom. The monoisotopic (exact) mass is 315 g/mol. The smallest absolute Gasteiger partial charge is 0.185 e. The average molecular weight is 315 g/mol. The summed E-state index contributed by atoms with van der Waals surface area (Å²) in [6.07, 6.45) is 0.547. The molecule has 0 amide bonds. The molecule has 3 rings (SSSR count). The second kappa shape index (κ2) is 6.69. The molecule has 1 atom stereocenters. The SMILES string of the molecule is O=C(Cc1cc(F)cc(F)c1)C1=NOC[C@H]1Cc1ccccc1. The Labute approximate surface area is 132 Å². The van der Waals surface area contributed by atoms with E-state index < -0.39 is 11.6 Å². The number of carbonyl (C=O) groups excluding carboxylic acids is 1. The number of rotatable bonds is 5. The lowest BCUT2D eigenvalue weighted by Gasteiger charge is -2.10. The van der Waals surface area contributed by atoms with Crippen LogP contribution in [0.15, 0.2) is 53.7 Å². The van der Waals surface area contributed by atoms with Crippen LogP contribution in [0.1, 0.15) is 11.1 Å². The van der Waals surface area contributed by atoms with Crippen LogP contribution in [0.5, 0.6) is 0 Å². The fourth-order valence-electron chi connectivity index (χ4n) is 2.67. The van der Waals surface area contributed by atoms with Crippen molar-refractivity contribution in [2.24, 2.45) is 11.1 Å². The summed E-state index contributed by atoms with van der Waals surface area (Å²) in [5.74, 6) is -1.80. The van der Waals surface area contributed by atoms with Gasteiger partial charge >= 0.3 is 0 Å². The second-order valence-corrected chi connectivity index (χ2v) is 5.54. The zero-order chi connectivity index (χ0) is 16.2. The summed E-state index contributed by atoms with van der Waals surface area (Å²) in [6.45, 7) is 0.341. The molecule has 0 saturated heterocycles. The third-order valence-corrected chi connectivity index (χ3v) is 3.72. The molecular weight excluding hydrogens is 300 g/mol. The van der Waals surface area contributed by atoms with Gasteiger partial charge in [0.1, 0.15) is 24.0 Å². The standard InChI is InChI=1S/C18H15F2NO2/c19-15-7-13(8-16(20)10-15)9-17(22)18-14(11-23-21-18)6-12-4-2-1-3-5-12/h1-5,7-8,10,14H,6,9,11H2/t14-/m1/s1. The van der Waals surface area contributed by atoms with Gasteiger partial charge in [0, 0.05) is 18.4 Å². The molecule has 0 bridgehead atoms. The van der Waals surface area contributed by atoms with Gasteiger partial charge in [-0.05, 0) is 29.7 Å². The Morgan fingerprint density at radius 1 is 1.09 bits per heavy atom. The van der Waals surface area contributed by atoms with E-state index in [-0.39, 0.29) is 18.1 Å². The van der Waals surface area contributed by atoms with Crippen molar-refractivity contribution in [2.45, 2.75) is 12.8 Å². The van der Waals surface area contributed by atoms with Gasteiger partial charge in [0.25, 0.3) is 0 Å². The van der Waals surface area contributed by atoms with Gasteiger partial charge in [-0.3, -0.25) is 4.79 Å². The van der Waals surface area contributed by atoms with Gasteiger partial charge in [-0.2, -0.15) is 0 Å². The summed E-state index contributed by atoms with van der Waals surface area (Å²) in [5.41, 5.74) is 1.71. The van der Waals surface area contributed by atoms with Gasteiger partial charge in [-0.15, -0.1) is 0 Å². The Hall–Kier alpha value is -2.56.